The number of benzene rings is 2. The number of nitrogens with zero attached hydrogens (tertiary/aromatic N) is 4. The lowest BCUT2D eigenvalue weighted by Crippen LogP contribution is -2.31. The van der Waals surface area contributed by atoms with Gasteiger partial charge in [0, 0.05) is 42.9 Å². The zero-order chi connectivity index (χ0) is 23.4. The Morgan fingerprint density at radius 2 is 1.79 bits per heavy atom. The van der Waals surface area contributed by atoms with Gasteiger partial charge in [-0.05, 0) is 29.2 Å². The van der Waals surface area contributed by atoms with Crippen LogP contribution in [0.3, 0.4) is 0 Å². The molecule has 4 rings (SSSR count). The Morgan fingerprint density at radius 1 is 1.09 bits per heavy atom. The molecule has 0 spiro atoms. The Hall–Kier alpha value is -3.45. The van der Waals surface area contributed by atoms with Crippen LogP contribution < -0.4 is 5.32 Å². The third-order valence-electron chi connectivity index (χ3n) is 5.49. The third kappa shape index (κ3) is 5.49. The molecule has 8 heteroatoms. The Bertz CT molecular complexity index is 1210. The number of hydrogen-bond donors (Lipinski definition) is 1. The predicted molar refractivity (Wildman–Crippen MR) is 127 cm³/mol. The van der Waals surface area contributed by atoms with E-state index in [1.54, 1.807) is 18.3 Å². The van der Waals surface area contributed by atoms with Crippen LogP contribution in [0.4, 0.5) is 0 Å². The third-order valence-corrected chi connectivity index (χ3v) is 5.75. The molecule has 0 saturated heterocycles. The molecule has 2 heterocycles. The minimum absolute atomic E-state index is 0.140. The lowest BCUT2D eigenvalue weighted by molar-refractivity contribution is -0.121. The maximum Gasteiger partial charge on any atom is 0.227 e. The van der Waals surface area contributed by atoms with Crippen LogP contribution in [0.5, 0.6) is 0 Å². The van der Waals surface area contributed by atoms with E-state index in [9.17, 15) is 4.79 Å². The first-order valence-electron chi connectivity index (χ1n) is 10.9. The Labute approximate surface area is 197 Å². The molecular formula is C25H26ClN5O2. The van der Waals surface area contributed by atoms with Crippen molar-refractivity contribution in [1.29, 1.82) is 0 Å². The fraction of sp³-hybridized carbons (Fsp3) is 0.280. The molecule has 1 amide bonds. The van der Waals surface area contributed by atoms with Crippen molar-refractivity contribution in [1.82, 2.24) is 25.0 Å². The highest BCUT2D eigenvalue weighted by Gasteiger charge is 2.21. The van der Waals surface area contributed by atoms with Crippen LogP contribution >= 0.6 is 11.6 Å². The van der Waals surface area contributed by atoms with E-state index in [1.165, 1.54) is 5.56 Å². The number of halogens is 1. The molecule has 1 unspecified atom stereocenters. The SMILES string of the molecule is CC(C)c1ccc(-c2noc(CCC(=O)NC(c3ccc(Cl)cc3)c3nccn3C)n2)cc1. The molecule has 0 radical (unpaired) electrons. The van der Waals surface area contributed by atoms with Gasteiger partial charge in [-0.25, -0.2) is 4.98 Å². The van der Waals surface area contributed by atoms with Gasteiger partial charge in [-0.1, -0.05) is 67.0 Å². The summed E-state index contributed by atoms with van der Waals surface area (Å²) in [5.74, 6) is 2.00. The molecule has 1 atom stereocenters. The predicted octanol–water partition coefficient (Wildman–Crippen LogP) is 5.09. The standard InChI is InChI=1S/C25H26ClN5O2/c1-16(2)17-4-6-19(7-5-17)24-29-22(33-30-24)13-12-21(32)28-23(25-27-14-15-31(25)3)18-8-10-20(26)11-9-18/h4-11,14-16,23H,12-13H2,1-3H3,(H,28,32). The highest BCUT2D eigenvalue weighted by molar-refractivity contribution is 6.30. The van der Waals surface area contributed by atoms with Gasteiger partial charge >= 0.3 is 0 Å². The minimum Gasteiger partial charge on any atom is -0.342 e. The van der Waals surface area contributed by atoms with Crippen molar-refractivity contribution >= 4 is 17.5 Å². The van der Waals surface area contributed by atoms with Crippen LogP contribution in [-0.2, 0) is 18.3 Å². The summed E-state index contributed by atoms with van der Waals surface area (Å²) in [5.41, 5.74) is 3.03. The van der Waals surface area contributed by atoms with Gasteiger partial charge in [0.25, 0.3) is 0 Å². The summed E-state index contributed by atoms with van der Waals surface area (Å²) in [6.07, 6.45) is 4.11. The van der Waals surface area contributed by atoms with Gasteiger partial charge in [0.2, 0.25) is 17.6 Å². The van der Waals surface area contributed by atoms with Crippen LogP contribution in [0.2, 0.25) is 5.02 Å². The van der Waals surface area contributed by atoms with E-state index < -0.39 is 6.04 Å². The van der Waals surface area contributed by atoms with E-state index in [1.807, 2.05) is 42.1 Å². The van der Waals surface area contributed by atoms with Crippen molar-refractivity contribution in [3.05, 3.63) is 88.8 Å². The van der Waals surface area contributed by atoms with Gasteiger partial charge in [0.05, 0.1) is 0 Å². The van der Waals surface area contributed by atoms with Crippen LogP contribution in [-0.4, -0.2) is 25.6 Å². The first kappa shape index (κ1) is 22.7. The number of nitrogens with one attached hydrogen (secondary N) is 1. The molecule has 4 aromatic rings. The molecule has 0 aliphatic rings. The normalized spacial score (nSPS) is 12.2. The van der Waals surface area contributed by atoms with Gasteiger partial charge < -0.3 is 14.4 Å². The highest BCUT2D eigenvalue weighted by atomic mass is 35.5. The van der Waals surface area contributed by atoms with Gasteiger partial charge in [-0.3, -0.25) is 4.79 Å². The fourth-order valence-corrected chi connectivity index (χ4v) is 3.68. The highest BCUT2D eigenvalue weighted by Crippen LogP contribution is 2.23. The van der Waals surface area contributed by atoms with Crippen LogP contribution in [0.15, 0.2) is 65.4 Å². The summed E-state index contributed by atoms with van der Waals surface area (Å²) in [6, 6.07) is 15.1. The van der Waals surface area contributed by atoms with Crippen molar-refractivity contribution in [3.63, 3.8) is 0 Å². The number of aryl methyl sites for hydroxylation is 2. The van der Waals surface area contributed by atoms with Crippen molar-refractivity contribution in [3.8, 4) is 11.4 Å². The number of rotatable bonds is 8. The topological polar surface area (TPSA) is 85.8 Å². The van der Waals surface area contributed by atoms with Gasteiger partial charge in [-0.2, -0.15) is 4.98 Å². The summed E-state index contributed by atoms with van der Waals surface area (Å²) < 4.78 is 7.25. The minimum atomic E-state index is -0.396. The van der Waals surface area contributed by atoms with Crippen molar-refractivity contribution < 1.29 is 9.32 Å². The fourth-order valence-electron chi connectivity index (χ4n) is 3.55. The van der Waals surface area contributed by atoms with E-state index in [2.05, 4.69) is 46.4 Å². The molecule has 0 aliphatic heterocycles. The average Bonchev–Trinajstić information content (AvgIpc) is 3.46. The Balaban J connectivity index is 1.41. The van der Waals surface area contributed by atoms with Crippen molar-refractivity contribution in [2.24, 2.45) is 7.05 Å². The second-order valence-electron chi connectivity index (χ2n) is 8.24. The number of amides is 1. The Morgan fingerprint density at radius 3 is 2.42 bits per heavy atom. The number of aromatic nitrogens is 4. The summed E-state index contributed by atoms with van der Waals surface area (Å²) in [6.45, 7) is 4.30. The van der Waals surface area contributed by atoms with Crippen LogP contribution in [0.25, 0.3) is 11.4 Å². The largest absolute Gasteiger partial charge is 0.342 e. The molecule has 2 aromatic carbocycles. The number of carbonyl (C=O) groups is 1. The Kier molecular flexibility index (Phi) is 6.89. The molecule has 170 valence electrons. The summed E-state index contributed by atoms with van der Waals surface area (Å²) in [5, 5.41) is 7.76. The number of hydrogen-bond acceptors (Lipinski definition) is 5. The molecule has 33 heavy (non-hydrogen) atoms. The molecule has 0 bridgehead atoms. The van der Waals surface area contributed by atoms with Gasteiger partial charge in [0.1, 0.15) is 11.9 Å². The zero-order valence-electron chi connectivity index (χ0n) is 18.8. The van der Waals surface area contributed by atoms with Gasteiger partial charge in [-0.15, -0.1) is 0 Å². The van der Waals surface area contributed by atoms with E-state index >= 15 is 0 Å². The van der Waals surface area contributed by atoms with Crippen LogP contribution in [0.1, 0.15) is 55.1 Å². The zero-order valence-corrected chi connectivity index (χ0v) is 19.6. The van der Waals surface area contributed by atoms with E-state index in [4.69, 9.17) is 16.1 Å². The summed E-state index contributed by atoms with van der Waals surface area (Å²) >= 11 is 6.03. The lowest BCUT2D eigenvalue weighted by Gasteiger charge is -2.19. The first-order chi connectivity index (χ1) is 15.9. The second-order valence-corrected chi connectivity index (χ2v) is 8.67. The first-order valence-corrected chi connectivity index (χ1v) is 11.2. The molecule has 0 aliphatic carbocycles. The number of carbonyl (C=O) groups excluding carboxylic acids is 1. The van der Waals surface area contributed by atoms with E-state index in [0.29, 0.717) is 29.1 Å². The summed E-state index contributed by atoms with van der Waals surface area (Å²) in [7, 11) is 1.89. The van der Waals surface area contributed by atoms with Gasteiger partial charge in [0.15, 0.2) is 0 Å². The summed E-state index contributed by atoms with van der Waals surface area (Å²) in [4.78, 5) is 21.7. The van der Waals surface area contributed by atoms with Crippen molar-refractivity contribution in [2.75, 3.05) is 0 Å². The second kappa shape index (κ2) is 10.0. The molecule has 0 fully saturated rings. The monoisotopic (exact) mass is 463 g/mol. The van der Waals surface area contributed by atoms with Crippen molar-refractivity contribution in [2.45, 2.75) is 38.6 Å². The molecular weight excluding hydrogens is 438 g/mol. The lowest BCUT2D eigenvalue weighted by atomic mass is 10.0. The van der Waals surface area contributed by atoms with Crippen LogP contribution in [0, 0.1) is 0 Å². The smallest absolute Gasteiger partial charge is 0.227 e. The maximum atomic E-state index is 12.8. The quantitative estimate of drug-likeness (QED) is 0.393. The molecule has 7 nitrogen and oxygen atoms in total. The molecule has 2 aromatic heterocycles. The average molecular weight is 464 g/mol. The van der Waals surface area contributed by atoms with E-state index in [-0.39, 0.29) is 12.3 Å². The molecule has 0 saturated carbocycles. The van der Waals surface area contributed by atoms with E-state index in [0.717, 1.165) is 17.0 Å². The number of imidazole rings is 1. The maximum absolute atomic E-state index is 12.8. The molecule has 1 N–H and O–H groups in total.